The van der Waals surface area contributed by atoms with Crippen molar-refractivity contribution < 1.29 is 13.2 Å². The number of benzene rings is 1. The van der Waals surface area contributed by atoms with Crippen molar-refractivity contribution in [3.05, 3.63) is 45.7 Å². The summed E-state index contributed by atoms with van der Waals surface area (Å²) in [7, 11) is -2.80. The molecule has 3 N–H and O–H groups in total. The van der Waals surface area contributed by atoms with Crippen LogP contribution < -0.4 is 16.1 Å². The zero-order chi connectivity index (χ0) is 18.4. The molecule has 2 aromatic heterocycles. The summed E-state index contributed by atoms with van der Waals surface area (Å²) in [5.41, 5.74) is -0.979. The molecule has 0 atom stereocenters. The van der Waals surface area contributed by atoms with Crippen LogP contribution >= 0.6 is 11.6 Å². The summed E-state index contributed by atoms with van der Waals surface area (Å²) >= 11 is 5.86. The SMILES string of the molecule is Cn1nnc2c(C(=O)Nc3cccc(Cl)c3S(N)(=O)=O)ncn2c1=O. The number of aromatic nitrogens is 5. The van der Waals surface area contributed by atoms with Crippen LogP contribution in [-0.4, -0.2) is 38.7 Å². The van der Waals surface area contributed by atoms with Crippen LogP contribution in [0.15, 0.2) is 34.2 Å². The molecule has 130 valence electrons. The largest absolute Gasteiger partial charge is 0.352 e. The highest BCUT2D eigenvalue weighted by molar-refractivity contribution is 7.89. The molecule has 0 saturated heterocycles. The van der Waals surface area contributed by atoms with E-state index >= 15 is 0 Å². The molecule has 0 radical (unpaired) electrons. The van der Waals surface area contributed by atoms with E-state index in [4.69, 9.17) is 16.7 Å². The van der Waals surface area contributed by atoms with Gasteiger partial charge in [0.15, 0.2) is 11.3 Å². The lowest BCUT2D eigenvalue weighted by atomic mass is 10.3. The van der Waals surface area contributed by atoms with Crippen molar-refractivity contribution in [3.63, 3.8) is 0 Å². The zero-order valence-electron chi connectivity index (χ0n) is 12.5. The van der Waals surface area contributed by atoms with E-state index in [1.54, 1.807) is 0 Å². The molecule has 0 bridgehead atoms. The van der Waals surface area contributed by atoms with E-state index in [9.17, 15) is 18.0 Å². The van der Waals surface area contributed by atoms with Gasteiger partial charge in [0.1, 0.15) is 11.2 Å². The Hall–Kier alpha value is -2.83. The molecular weight excluding hydrogens is 374 g/mol. The minimum Gasteiger partial charge on any atom is -0.319 e. The van der Waals surface area contributed by atoms with E-state index in [0.29, 0.717) is 0 Å². The summed E-state index contributed by atoms with van der Waals surface area (Å²) in [5, 5.41) is 14.6. The number of halogens is 1. The molecule has 0 spiro atoms. The Morgan fingerprint density at radius 3 is 2.76 bits per heavy atom. The summed E-state index contributed by atoms with van der Waals surface area (Å²) in [6.45, 7) is 0. The van der Waals surface area contributed by atoms with E-state index in [1.807, 2.05) is 0 Å². The van der Waals surface area contributed by atoms with E-state index < -0.39 is 26.5 Å². The Labute approximate surface area is 145 Å². The highest BCUT2D eigenvalue weighted by atomic mass is 35.5. The molecule has 0 aliphatic carbocycles. The topological polar surface area (TPSA) is 154 Å². The molecule has 0 unspecified atom stereocenters. The lowest BCUT2D eigenvalue weighted by Crippen LogP contribution is -2.27. The van der Waals surface area contributed by atoms with Crippen LogP contribution in [0.2, 0.25) is 5.02 Å². The van der Waals surface area contributed by atoms with E-state index in [2.05, 4.69) is 20.6 Å². The molecular formula is C12H10ClN7O4S. The lowest BCUT2D eigenvalue weighted by molar-refractivity contribution is 0.102. The fourth-order valence-electron chi connectivity index (χ4n) is 2.12. The fraction of sp³-hybridized carbons (Fsp3) is 0.0833. The number of rotatable bonds is 3. The third kappa shape index (κ3) is 2.97. The van der Waals surface area contributed by atoms with Gasteiger partial charge in [0.05, 0.1) is 10.7 Å². The van der Waals surface area contributed by atoms with Crippen LogP contribution in [0, 0.1) is 0 Å². The number of carbonyl (C=O) groups excluding carboxylic acids is 1. The molecule has 11 nitrogen and oxygen atoms in total. The summed E-state index contributed by atoms with van der Waals surface area (Å²) < 4.78 is 25.4. The fourth-order valence-corrected chi connectivity index (χ4v) is 3.38. The number of amides is 1. The molecule has 2 heterocycles. The Morgan fingerprint density at radius 1 is 1.36 bits per heavy atom. The van der Waals surface area contributed by atoms with Gasteiger partial charge in [-0.05, 0) is 12.1 Å². The Balaban J connectivity index is 2.07. The number of nitrogens with one attached hydrogen (secondary N) is 1. The standard InChI is InChI=1S/C12H10ClN7O4S/c1-19-12(22)20-5-15-8(10(20)17-18-19)11(21)16-7-4-2-3-6(13)9(7)25(14,23)24/h2-5H,1H3,(H,16,21)(H2,14,23,24). The molecule has 25 heavy (non-hydrogen) atoms. The van der Waals surface area contributed by atoms with Crippen molar-refractivity contribution in [1.82, 2.24) is 24.4 Å². The highest BCUT2D eigenvalue weighted by Gasteiger charge is 2.22. The van der Waals surface area contributed by atoms with Crippen LogP contribution in [0.1, 0.15) is 10.5 Å². The predicted octanol–water partition coefficient (Wildman–Crippen LogP) is -0.624. The molecule has 1 amide bonds. The summed E-state index contributed by atoms with van der Waals surface area (Å²) in [4.78, 5) is 27.7. The zero-order valence-corrected chi connectivity index (χ0v) is 14.1. The number of nitrogens with zero attached hydrogens (tertiary/aromatic N) is 5. The number of fused-ring (bicyclic) bond motifs is 1. The number of carbonyl (C=O) groups is 1. The predicted molar refractivity (Wildman–Crippen MR) is 86.8 cm³/mol. The number of imidazole rings is 1. The summed E-state index contributed by atoms with van der Waals surface area (Å²) in [5.74, 6) is -0.808. The van der Waals surface area contributed by atoms with Crippen LogP contribution in [-0.2, 0) is 17.1 Å². The van der Waals surface area contributed by atoms with E-state index in [0.717, 1.165) is 15.4 Å². The van der Waals surface area contributed by atoms with Crippen molar-refractivity contribution in [2.45, 2.75) is 4.90 Å². The van der Waals surface area contributed by atoms with Crippen LogP contribution in [0.25, 0.3) is 5.65 Å². The second-order valence-corrected chi connectivity index (χ2v) is 6.80. The third-order valence-electron chi connectivity index (χ3n) is 3.21. The third-order valence-corrected chi connectivity index (χ3v) is 4.65. The van der Waals surface area contributed by atoms with Gasteiger partial charge in [-0.2, -0.15) is 4.68 Å². The highest BCUT2D eigenvalue weighted by Crippen LogP contribution is 2.28. The molecule has 0 saturated carbocycles. The summed E-state index contributed by atoms with van der Waals surface area (Å²) in [6.07, 6.45) is 1.11. The molecule has 3 rings (SSSR count). The van der Waals surface area contributed by atoms with Gasteiger partial charge in [-0.3, -0.25) is 4.79 Å². The number of primary sulfonamides is 1. The van der Waals surface area contributed by atoms with E-state index in [1.165, 1.54) is 25.2 Å². The van der Waals surface area contributed by atoms with Crippen molar-refractivity contribution in [2.75, 3.05) is 5.32 Å². The first-order chi connectivity index (χ1) is 11.7. The Morgan fingerprint density at radius 2 is 2.08 bits per heavy atom. The first kappa shape index (κ1) is 17.0. The molecule has 0 aliphatic rings. The molecule has 13 heteroatoms. The number of hydrogen-bond donors (Lipinski definition) is 2. The van der Waals surface area contributed by atoms with Gasteiger partial charge >= 0.3 is 5.69 Å². The van der Waals surface area contributed by atoms with Gasteiger partial charge in [0.2, 0.25) is 10.0 Å². The molecule has 1 aromatic carbocycles. The monoisotopic (exact) mass is 383 g/mol. The lowest BCUT2D eigenvalue weighted by Gasteiger charge is -2.10. The maximum atomic E-state index is 12.4. The van der Waals surface area contributed by atoms with Gasteiger partial charge < -0.3 is 5.32 Å². The normalized spacial score (nSPS) is 11.6. The van der Waals surface area contributed by atoms with E-state index in [-0.39, 0.29) is 22.1 Å². The number of aryl methyl sites for hydroxylation is 1. The molecule has 0 fully saturated rings. The minimum absolute atomic E-state index is 0.0835. The van der Waals surface area contributed by atoms with Crippen LogP contribution in [0.5, 0.6) is 0 Å². The molecule has 0 aliphatic heterocycles. The van der Waals surface area contributed by atoms with Crippen molar-refractivity contribution in [2.24, 2.45) is 12.2 Å². The number of hydrogen-bond acceptors (Lipinski definition) is 7. The van der Waals surface area contributed by atoms with Crippen LogP contribution in [0.3, 0.4) is 0 Å². The van der Waals surface area contributed by atoms with Crippen LogP contribution in [0.4, 0.5) is 5.69 Å². The van der Waals surface area contributed by atoms with Gasteiger partial charge in [-0.25, -0.2) is 27.7 Å². The molecule has 3 aromatic rings. The minimum atomic E-state index is -4.19. The van der Waals surface area contributed by atoms with Gasteiger partial charge in [0, 0.05) is 7.05 Å². The second-order valence-electron chi connectivity index (χ2n) is 4.90. The quantitative estimate of drug-likeness (QED) is 0.610. The first-order valence-electron chi connectivity index (χ1n) is 6.60. The number of anilines is 1. The smallest absolute Gasteiger partial charge is 0.319 e. The second kappa shape index (κ2) is 5.91. The number of sulfonamides is 1. The summed E-state index contributed by atoms with van der Waals surface area (Å²) in [6, 6.07) is 4.07. The Bertz CT molecular complexity index is 1170. The van der Waals surface area contributed by atoms with Crippen molar-refractivity contribution >= 4 is 38.9 Å². The average molecular weight is 384 g/mol. The maximum absolute atomic E-state index is 12.4. The van der Waals surface area contributed by atoms with Gasteiger partial charge in [0.25, 0.3) is 5.91 Å². The Kier molecular flexibility index (Phi) is 4.02. The maximum Gasteiger partial charge on any atom is 0.352 e. The van der Waals surface area contributed by atoms with Crippen molar-refractivity contribution in [1.29, 1.82) is 0 Å². The number of nitrogens with two attached hydrogens (primary N) is 1. The van der Waals surface area contributed by atoms with Crippen molar-refractivity contribution in [3.8, 4) is 0 Å². The first-order valence-corrected chi connectivity index (χ1v) is 8.52. The van der Waals surface area contributed by atoms with Gasteiger partial charge in [-0.15, -0.1) is 5.10 Å². The van der Waals surface area contributed by atoms with Gasteiger partial charge in [-0.1, -0.05) is 22.9 Å². The average Bonchev–Trinajstić information content (AvgIpc) is 2.94.